The molecule has 1 aromatic heterocycles. The first-order valence-corrected chi connectivity index (χ1v) is 5.62. The average Bonchev–Trinajstić information content (AvgIpc) is 2.67. The molecule has 78 valence electrons. The van der Waals surface area contributed by atoms with Crippen LogP contribution in [0, 0.1) is 0 Å². The average molecular weight is 213 g/mol. The van der Waals surface area contributed by atoms with E-state index in [0.29, 0.717) is 0 Å². The highest BCUT2D eigenvalue weighted by molar-refractivity contribution is 7.15. The number of anilines is 1. The molecule has 0 unspecified atom stereocenters. The Morgan fingerprint density at radius 2 is 2.36 bits per heavy atom. The minimum absolute atomic E-state index is 0.859. The number of morpholine rings is 1. The van der Waals surface area contributed by atoms with Crippen molar-refractivity contribution in [3.63, 3.8) is 0 Å². The van der Waals surface area contributed by atoms with Crippen molar-refractivity contribution in [2.24, 2.45) is 0 Å². The molecule has 1 aliphatic rings. The van der Waals surface area contributed by atoms with Crippen LogP contribution in [0.3, 0.4) is 0 Å². The first-order valence-electron chi connectivity index (χ1n) is 4.81. The number of nitrogens with one attached hydrogen (secondary N) is 1. The summed E-state index contributed by atoms with van der Waals surface area (Å²) in [5.41, 5.74) is 0. The van der Waals surface area contributed by atoms with Gasteiger partial charge in [0, 0.05) is 37.8 Å². The van der Waals surface area contributed by atoms with Gasteiger partial charge in [-0.2, -0.15) is 0 Å². The molecule has 5 heteroatoms. The Balaban J connectivity index is 1.89. The maximum absolute atomic E-state index is 5.30. The molecule has 1 saturated heterocycles. The first kappa shape index (κ1) is 9.89. The van der Waals surface area contributed by atoms with E-state index >= 15 is 0 Å². The topological polar surface area (TPSA) is 37.4 Å². The molecule has 1 aliphatic heterocycles. The molecule has 2 rings (SSSR count). The highest BCUT2D eigenvalue weighted by atomic mass is 32.1. The van der Waals surface area contributed by atoms with Gasteiger partial charge in [-0.25, -0.2) is 4.98 Å². The second kappa shape index (κ2) is 4.72. The fourth-order valence-corrected chi connectivity index (χ4v) is 2.28. The number of hydrogen-bond acceptors (Lipinski definition) is 5. The van der Waals surface area contributed by atoms with Crippen LogP contribution in [0.4, 0.5) is 5.13 Å². The van der Waals surface area contributed by atoms with Crippen LogP contribution in [0.1, 0.15) is 4.88 Å². The molecule has 0 atom stereocenters. The molecule has 1 fully saturated rings. The Bertz CT molecular complexity index is 283. The van der Waals surface area contributed by atoms with Gasteiger partial charge in [0.05, 0.1) is 13.2 Å². The van der Waals surface area contributed by atoms with Gasteiger partial charge >= 0.3 is 0 Å². The van der Waals surface area contributed by atoms with Crippen LogP contribution in [-0.2, 0) is 11.3 Å². The van der Waals surface area contributed by atoms with Gasteiger partial charge in [-0.3, -0.25) is 4.90 Å². The zero-order valence-corrected chi connectivity index (χ0v) is 9.14. The van der Waals surface area contributed by atoms with E-state index in [9.17, 15) is 0 Å². The summed E-state index contributed by atoms with van der Waals surface area (Å²) in [7, 11) is 1.90. The number of aromatic nitrogens is 1. The van der Waals surface area contributed by atoms with Gasteiger partial charge in [-0.1, -0.05) is 0 Å². The van der Waals surface area contributed by atoms with Crippen LogP contribution in [0.25, 0.3) is 0 Å². The first-order chi connectivity index (χ1) is 6.88. The smallest absolute Gasteiger partial charge is 0.182 e. The summed E-state index contributed by atoms with van der Waals surface area (Å²) in [6.45, 7) is 4.79. The summed E-state index contributed by atoms with van der Waals surface area (Å²) in [6.07, 6.45) is 1.95. The van der Waals surface area contributed by atoms with E-state index < -0.39 is 0 Å². The van der Waals surface area contributed by atoms with Crippen molar-refractivity contribution in [2.45, 2.75) is 6.54 Å². The van der Waals surface area contributed by atoms with E-state index in [4.69, 9.17) is 4.74 Å². The van der Waals surface area contributed by atoms with Gasteiger partial charge in [0.25, 0.3) is 0 Å². The Morgan fingerprint density at radius 1 is 1.57 bits per heavy atom. The standard InChI is InChI=1S/C9H15N3OS/c1-10-9-11-6-8(14-9)7-12-2-4-13-5-3-12/h6H,2-5,7H2,1H3,(H,10,11). The molecular formula is C9H15N3OS. The lowest BCUT2D eigenvalue weighted by Crippen LogP contribution is -2.35. The molecule has 0 bridgehead atoms. The molecule has 0 amide bonds. The third kappa shape index (κ3) is 2.43. The fraction of sp³-hybridized carbons (Fsp3) is 0.667. The third-order valence-corrected chi connectivity index (χ3v) is 3.25. The fourth-order valence-electron chi connectivity index (χ4n) is 1.48. The van der Waals surface area contributed by atoms with Crippen LogP contribution < -0.4 is 5.32 Å². The quantitative estimate of drug-likeness (QED) is 0.813. The Kier molecular flexibility index (Phi) is 3.34. The number of ether oxygens (including phenoxy) is 1. The maximum Gasteiger partial charge on any atom is 0.182 e. The zero-order chi connectivity index (χ0) is 9.80. The molecular weight excluding hydrogens is 198 g/mol. The summed E-state index contributed by atoms with van der Waals surface area (Å²) in [5.74, 6) is 0. The largest absolute Gasteiger partial charge is 0.379 e. The van der Waals surface area contributed by atoms with Crippen LogP contribution in [0.15, 0.2) is 6.20 Å². The molecule has 0 aromatic carbocycles. The monoisotopic (exact) mass is 213 g/mol. The minimum atomic E-state index is 0.859. The number of hydrogen-bond donors (Lipinski definition) is 1. The van der Waals surface area contributed by atoms with E-state index in [2.05, 4.69) is 15.2 Å². The zero-order valence-electron chi connectivity index (χ0n) is 8.32. The van der Waals surface area contributed by atoms with Crippen LogP contribution in [0.2, 0.25) is 0 Å². The lowest BCUT2D eigenvalue weighted by molar-refractivity contribution is 0.0346. The summed E-state index contributed by atoms with van der Waals surface area (Å²) in [5, 5.41) is 4.04. The Labute approximate surface area is 87.9 Å². The van der Waals surface area contributed by atoms with Crippen molar-refractivity contribution in [3.05, 3.63) is 11.1 Å². The van der Waals surface area contributed by atoms with Gasteiger partial charge < -0.3 is 10.1 Å². The van der Waals surface area contributed by atoms with E-state index in [1.807, 2.05) is 13.2 Å². The van der Waals surface area contributed by atoms with Gasteiger partial charge in [0.2, 0.25) is 0 Å². The van der Waals surface area contributed by atoms with Gasteiger partial charge in [0.15, 0.2) is 5.13 Å². The highest BCUT2D eigenvalue weighted by Gasteiger charge is 2.11. The maximum atomic E-state index is 5.30. The summed E-state index contributed by atoms with van der Waals surface area (Å²) in [4.78, 5) is 7.96. The number of nitrogens with zero attached hydrogens (tertiary/aromatic N) is 2. The van der Waals surface area contributed by atoms with Crippen molar-refractivity contribution < 1.29 is 4.74 Å². The third-order valence-electron chi connectivity index (χ3n) is 2.25. The Hall–Kier alpha value is -0.650. The summed E-state index contributed by atoms with van der Waals surface area (Å²) in [6, 6.07) is 0. The molecule has 0 spiro atoms. The predicted molar refractivity (Wildman–Crippen MR) is 57.8 cm³/mol. The number of rotatable bonds is 3. The van der Waals surface area contributed by atoms with Crippen LogP contribution in [-0.4, -0.2) is 43.2 Å². The van der Waals surface area contributed by atoms with Crippen molar-refractivity contribution in [2.75, 3.05) is 38.7 Å². The van der Waals surface area contributed by atoms with E-state index in [-0.39, 0.29) is 0 Å². The molecule has 14 heavy (non-hydrogen) atoms. The normalized spacial score (nSPS) is 18.4. The van der Waals surface area contributed by atoms with E-state index in [1.165, 1.54) is 4.88 Å². The second-order valence-electron chi connectivity index (χ2n) is 3.27. The SMILES string of the molecule is CNc1ncc(CN2CCOCC2)s1. The molecule has 4 nitrogen and oxygen atoms in total. The second-order valence-corrected chi connectivity index (χ2v) is 4.39. The number of thiazole rings is 1. The predicted octanol–water partition coefficient (Wildman–Crippen LogP) is 1.02. The van der Waals surface area contributed by atoms with E-state index in [1.54, 1.807) is 11.3 Å². The van der Waals surface area contributed by atoms with Gasteiger partial charge in [-0.15, -0.1) is 11.3 Å². The van der Waals surface area contributed by atoms with Crippen molar-refractivity contribution in [1.29, 1.82) is 0 Å². The highest BCUT2D eigenvalue weighted by Crippen LogP contribution is 2.19. The molecule has 0 aliphatic carbocycles. The minimum Gasteiger partial charge on any atom is -0.379 e. The Morgan fingerprint density at radius 3 is 3.00 bits per heavy atom. The van der Waals surface area contributed by atoms with Gasteiger partial charge in [-0.05, 0) is 0 Å². The van der Waals surface area contributed by atoms with Crippen molar-refractivity contribution in [1.82, 2.24) is 9.88 Å². The lowest BCUT2D eigenvalue weighted by atomic mass is 10.4. The molecule has 0 saturated carbocycles. The molecule has 2 heterocycles. The molecule has 1 N–H and O–H groups in total. The van der Waals surface area contributed by atoms with Gasteiger partial charge in [0.1, 0.15) is 0 Å². The molecule has 1 aromatic rings. The summed E-state index contributed by atoms with van der Waals surface area (Å²) < 4.78 is 5.30. The van der Waals surface area contributed by atoms with Crippen molar-refractivity contribution >= 4 is 16.5 Å². The van der Waals surface area contributed by atoms with Crippen LogP contribution in [0.5, 0.6) is 0 Å². The van der Waals surface area contributed by atoms with E-state index in [0.717, 1.165) is 38.0 Å². The van der Waals surface area contributed by atoms with Crippen molar-refractivity contribution in [3.8, 4) is 0 Å². The molecule has 0 radical (unpaired) electrons. The van der Waals surface area contributed by atoms with Crippen LogP contribution >= 0.6 is 11.3 Å². The summed E-state index contributed by atoms with van der Waals surface area (Å²) >= 11 is 1.72. The lowest BCUT2D eigenvalue weighted by Gasteiger charge is -2.25.